The molecule has 0 unspecified atom stereocenters. The van der Waals surface area contributed by atoms with Gasteiger partial charge in [0.15, 0.2) is 0 Å². The number of aliphatic hydroxyl groups excluding tert-OH is 3. The fourth-order valence-electron chi connectivity index (χ4n) is 2.26. The van der Waals surface area contributed by atoms with Crippen molar-refractivity contribution < 1.29 is 33.0 Å². The van der Waals surface area contributed by atoms with E-state index in [9.17, 15) is 23.7 Å². The summed E-state index contributed by atoms with van der Waals surface area (Å²) in [6, 6.07) is 8.87. The highest BCUT2D eigenvalue weighted by molar-refractivity contribution is 8.14. The van der Waals surface area contributed by atoms with Gasteiger partial charge in [0.25, 0.3) is 0 Å². The van der Waals surface area contributed by atoms with E-state index in [1.807, 2.05) is 0 Å². The van der Waals surface area contributed by atoms with Crippen LogP contribution in [-0.4, -0.2) is 63.7 Å². The van der Waals surface area contributed by atoms with Crippen molar-refractivity contribution >= 4 is 27.1 Å². The summed E-state index contributed by atoms with van der Waals surface area (Å²) in [5.74, 6) is 0. The molecule has 134 valence electrons. The minimum atomic E-state index is -4.61. The van der Waals surface area contributed by atoms with Gasteiger partial charge < -0.3 is 20.1 Å². The molecule has 0 aliphatic carbocycles. The average Bonchev–Trinajstić information content (AvgIpc) is 2.49. The van der Waals surface area contributed by atoms with Crippen LogP contribution < -0.4 is 0 Å². The van der Waals surface area contributed by atoms with Crippen LogP contribution in [0.15, 0.2) is 34.7 Å². The van der Waals surface area contributed by atoms with E-state index >= 15 is 0 Å². The van der Waals surface area contributed by atoms with Gasteiger partial charge in [-0.1, -0.05) is 42.1 Å². The van der Waals surface area contributed by atoms with Crippen molar-refractivity contribution in [2.75, 3.05) is 6.61 Å². The maximum Gasteiger partial charge on any atom is 0.379 e. The van der Waals surface area contributed by atoms with Gasteiger partial charge in [-0.2, -0.15) is 8.42 Å². The third-order valence-electron chi connectivity index (χ3n) is 3.38. The molecule has 10 heteroatoms. The molecule has 0 saturated carbocycles. The molecule has 4 N–H and O–H groups in total. The van der Waals surface area contributed by atoms with E-state index in [2.05, 4.69) is 4.40 Å². The molecular weight excluding hydrogens is 358 g/mol. The van der Waals surface area contributed by atoms with Crippen molar-refractivity contribution in [1.29, 1.82) is 0 Å². The predicted molar refractivity (Wildman–Crippen MR) is 89.1 cm³/mol. The molecule has 1 heterocycles. The van der Waals surface area contributed by atoms with E-state index in [0.29, 0.717) is 0 Å². The smallest absolute Gasteiger partial charge is 0.379 e. The Morgan fingerprint density at radius 3 is 2.50 bits per heavy atom. The second kappa shape index (κ2) is 8.39. The van der Waals surface area contributed by atoms with Gasteiger partial charge in [-0.3, -0.25) is 4.55 Å². The molecule has 1 fully saturated rings. The summed E-state index contributed by atoms with van der Waals surface area (Å²) in [4.78, 5) is 0. The van der Waals surface area contributed by atoms with E-state index in [0.717, 1.165) is 17.3 Å². The van der Waals surface area contributed by atoms with Crippen LogP contribution >= 0.6 is 11.8 Å². The van der Waals surface area contributed by atoms with Crippen molar-refractivity contribution in [3.05, 3.63) is 35.9 Å². The molecule has 0 aromatic heterocycles. The van der Waals surface area contributed by atoms with E-state index in [4.69, 9.17) is 9.29 Å². The van der Waals surface area contributed by atoms with Crippen LogP contribution in [0.5, 0.6) is 0 Å². The molecule has 24 heavy (non-hydrogen) atoms. The topological polar surface area (TPSA) is 137 Å². The fraction of sp³-hybridized carbons (Fsp3) is 0.500. The van der Waals surface area contributed by atoms with Gasteiger partial charge in [0.1, 0.15) is 11.5 Å². The summed E-state index contributed by atoms with van der Waals surface area (Å²) < 4.78 is 39.9. The lowest BCUT2D eigenvalue weighted by Crippen LogP contribution is -2.47. The number of nitrogens with zero attached hydrogens (tertiary/aromatic N) is 1. The molecule has 4 atom stereocenters. The first kappa shape index (κ1) is 19.3. The Morgan fingerprint density at radius 1 is 1.25 bits per heavy atom. The largest absolute Gasteiger partial charge is 0.394 e. The highest BCUT2D eigenvalue weighted by Gasteiger charge is 2.37. The normalized spacial score (nSPS) is 28.8. The Bertz CT molecular complexity index is 665. The molecule has 1 aliphatic heterocycles. The summed E-state index contributed by atoms with van der Waals surface area (Å²) in [5.41, 5.74) is -0.161. The van der Waals surface area contributed by atoms with Crippen molar-refractivity contribution in [2.45, 2.75) is 36.6 Å². The molecule has 1 aromatic carbocycles. The summed E-state index contributed by atoms with van der Waals surface area (Å²) >= 11 is 0.833. The molecule has 0 bridgehead atoms. The first-order valence-electron chi connectivity index (χ1n) is 7.18. The van der Waals surface area contributed by atoms with Gasteiger partial charge in [0, 0.05) is 12.8 Å². The Labute approximate surface area is 144 Å². The zero-order chi connectivity index (χ0) is 17.7. The van der Waals surface area contributed by atoms with Crippen molar-refractivity contribution in [3.8, 4) is 0 Å². The summed E-state index contributed by atoms with van der Waals surface area (Å²) in [5, 5.41) is 28.9. The molecule has 2 rings (SSSR count). The zero-order valence-corrected chi connectivity index (χ0v) is 14.2. The van der Waals surface area contributed by atoms with Crippen LogP contribution in [0.2, 0.25) is 0 Å². The summed E-state index contributed by atoms with van der Waals surface area (Å²) in [6.07, 6.45) is -2.87. The number of aliphatic hydroxyl groups is 3. The van der Waals surface area contributed by atoms with Crippen LogP contribution in [0.3, 0.4) is 0 Å². The lowest BCUT2D eigenvalue weighted by Gasteiger charge is -2.36. The summed E-state index contributed by atoms with van der Waals surface area (Å²) in [6.45, 7) is -0.436. The minimum Gasteiger partial charge on any atom is -0.394 e. The standard InChI is InChI=1S/C14H19NO7S2/c16-8-12-10(17)7-11(18)14(22-12)23-13(15-24(19,20)21)6-9-4-2-1-3-5-9/h1-5,10-12,14,16-18H,6-8H2,(H,19,20,21)/t10-,11+,12+,14-/m0/s1. The minimum absolute atomic E-state index is 0.0205. The van der Waals surface area contributed by atoms with Crippen molar-refractivity contribution in [3.63, 3.8) is 0 Å². The van der Waals surface area contributed by atoms with Crippen molar-refractivity contribution in [1.82, 2.24) is 0 Å². The Balaban J connectivity index is 2.17. The number of rotatable bonds is 5. The number of thioether (sulfide) groups is 1. The average molecular weight is 377 g/mol. The first-order chi connectivity index (χ1) is 11.3. The monoisotopic (exact) mass is 377 g/mol. The second-order valence-electron chi connectivity index (χ2n) is 5.31. The van der Waals surface area contributed by atoms with Gasteiger partial charge in [-0.05, 0) is 5.56 Å². The van der Waals surface area contributed by atoms with Gasteiger partial charge in [-0.25, -0.2) is 0 Å². The molecule has 1 saturated heterocycles. The Morgan fingerprint density at radius 2 is 1.92 bits per heavy atom. The van der Waals surface area contributed by atoms with Crippen LogP contribution in [-0.2, 0) is 21.5 Å². The number of hydrogen-bond donors (Lipinski definition) is 4. The first-order valence-corrected chi connectivity index (χ1v) is 9.45. The molecule has 1 aliphatic rings. The maximum absolute atomic E-state index is 11.1. The molecule has 0 radical (unpaired) electrons. The highest BCUT2D eigenvalue weighted by Crippen LogP contribution is 2.30. The number of hydrogen-bond acceptors (Lipinski definition) is 7. The Kier molecular flexibility index (Phi) is 6.75. The van der Waals surface area contributed by atoms with Crippen molar-refractivity contribution in [2.24, 2.45) is 4.40 Å². The SMILES string of the molecule is O=S(=O)(O)N=C(Cc1ccccc1)S[C@@H]1O[C@H](CO)[C@@H](O)C[C@H]1O. The molecular formula is C14H19NO7S2. The molecule has 1 aromatic rings. The lowest BCUT2D eigenvalue weighted by molar-refractivity contribution is -0.149. The van der Waals surface area contributed by atoms with E-state index < -0.39 is 40.7 Å². The third kappa shape index (κ3) is 5.81. The predicted octanol–water partition coefficient (Wildman–Crippen LogP) is -0.00730. The molecule has 0 spiro atoms. The van der Waals surface area contributed by atoms with Crippen LogP contribution in [0.25, 0.3) is 0 Å². The van der Waals surface area contributed by atoms with Crippen LogP contribution in [0.1, 0.15) is 12.0 Å². The van der Waals surface area contributed by atoms with Gasteiger partial charge in [0.05, 0.1) is 23.9 Å². The Hall–Kier alpha value is -1.01. The van der Waals surface area contributed by atoms with Gasteiger partial charge in [0.2, 0.25) is 0 Å². The molecule has 8 nitrogen and oxygen atoms in total. The van der Waals surface area contributed by atoms with Gasteiger partial charge in [-0.15, -0.1) is 4.40 Å². The summed E-state index contributed by atoms with van der Waals surface area (Å²) in [7, 11) is -4.61. The number of ether oxygens (including phenoxy) is 1. The third-order valence-corrected chi connectivity index (χ3v) is 5.11. The van der Waals surface area contributed by atoms with E-state index in [1.54, 1.807) is 30.3 Å². The number of benzene rings is 1. The lowest BCUT2D eigenvalue weighted by atomic mass is 10.0. The quantitative estimate of drug-likeness (QED) is 0.320. The highest BCUT2D eigenvalue weighted by atomic mass is 32.2. The van der Waals surface area contributed by atoms with E-state index in [-0.39, 0.29) is 17.9 Å². The maximum atomic E-state index is 11.1. The molecule has 0 amide bonds. The van der Waals surface area contributed by atoms with Gasteiger partial charge >= 0.3 is 10.3 Å². The van der Waals surface area contributed by atoms with E-state index in [1.165, 1.54) is 0 Å². The van der Waals surface area contributed by atoms with Crippen LogP contribution in [0, 0.1) is 0 Å². The second-order valence-corrected chi connectivity index (χ2v) is 7.56. The van der Waals surface area contributed by atoms with Crippen LogP contribution in [0.4, 0.5) is 0 Å². The zero-order valence-electron chi connectivity index (χ0n) is 12.6. The fourth-order valence-corrected chi connectivity index (χ4v) is 4.02.